The van der Waals surface area contributed by atoms with Gasteiger partial charge in [0.25, 0.3) is 0 Å². The molecule has 1 unspecified atom stereocenters. The van der Waals surface area contributed by atoms with Gasteiger partial charge in [0.1, 0.15) is 5.75 Å². The average molecular weight is 485 g/mol. The zero-order valence-electron chi connectivity index (χ0n) is 21.7. The lowest BCUT2D eigenvalue weighted by molar-refractivity contribution is -0.139. The number of nitrogens with zero attached hydrogens (tertiary/aromatic N) is 2. The van der Waals surface area contributed by atoms with E-state index in [-0.39, 0.29) is 0 Å². The van der Waals surface area contributed by atoms with Crippen molar-refractivity contribution in [2.45, 2.75) is 96.8 Å². The second-order valence-corrected chi connectivity index (χ2v) is 9.19. The summed E-state index contributed by atoms with van der Waals surface area (Å²) in [6, 6.07) is 7.71. The SMILES string of the molecule is CCCCCCCCCCC(C(=O)O)c1cnc(-c2ccc(OCCCCOCCC)cc2)nc1. The molecule has 1 atom stereocenters. The Labute approximate surface area is 211 Å². The molecule has 35 heavy (non-hydrogen) atoms. The Bertz CT molecular complexity index is 808. The van der Waals surface area contributed by atoms with Gasteiger partial charge in [-0.1, -0.05) is 65.2 Å². The molecule has 0 spiro atoms. The Morgan fingerprint density at radius 2 is 1.43 bits per heavy atom. The fourth-order valence-corrected chi connectivity index (χ4v) is 4.02. The Morgan fingerprint density at radius 1 is 0.800 bits per heavy atom. The van der Waals surface area contributed by atoms with Crippen LogP contribution in [0.15, 0.2) is 36.7 Å². The summed E-state index contributed by atoms with van der Waals surface area (Å²) in [5.74, 6) is 0.0516. The van der Waals surface area contributed by atoms with Crippen molar-refractivity contribution in [1.29, 1.82) is 0 Å². The highest BCUT2D eigenvalue weighted by molar-refractivity contribution is 5.75. The number of hydrogen-bond acceptors (Lipinski definition) is 5. The Hall–Kier alpha value is -2.47. The van der Waals surface area contributed by atoms with Crippen molar-refractivity contribution in [3.63, 3.8) is 0 Å². The van der Waals surface area contributed by atoms with Gasteiger partial charge < -0.3 is 14.6 Å². The molecule has 2 rings (SSSR count). The minimum atomic E-state index is -0.803. The summed E-state index contributed by atoms with van der Waals surface area (Å²) >= 11 is 0. The summed E-state index contributed by atoms with van der Waals surface area (Å²) in [4.78, 5) is 20.7. The van der Waals surface area contributed by atoms with Crippen molar-refractivity contribution in [3.8, 4) is 17.1 Å². The van der Waals surface area contributed by atoms with E-state index >= 15 is 0 Å². The van der Waals surface area contributed by atoms with Crippen LogP contribution < -0.4 is 4.74 Å². The molecule has 0 saturated carbocycles. The van der Waals surface area contributed by atoms with E-state index < -0.39 is 11.9 Å². The maximum absolute atomic E-state index is 11.8. The van der Waals surface area contributed by atoms with Gasteiger partial charge in [-0.15, -0.1) is 0 Å². The zero-order chi connectivity index (χ0) is 25.1. The van der Waals surface area contributed by atoms with Crippen LogP contribution in [-0.4, -0.2) is 40.9 Å². The van der Waals surface area contributed by atoms with Gasteiger partial charge in [0.05, 0.1) is 12.5 Å². The summed E-state index contributed by atoms with van der Waals surface area (Å²) in [6.45, 7) is 6.60. The highest BCUT2D eigenvalue weighted by atomic mass is 16.5. The quantitative estimate of drug-likeness (QED) is 0.197. The lowest BCUT2D eigenvalue weighted by atomic mass is 9.95. The van der Waals surface area contributed by atoms with E-state index in [1.165, 1.54) is 38.5 Å². The predicted molar refractivity (Wildman–Crippen MR) is 141 cm³/mol. The summed E-state index contributed by atoms with van der Waals surface area (Å²) in [7, 11) is 0. The minimum Gasteiger partial charge on any atom is -0.494 e. The summed E-state index contributed by atoms with van der Waals surface area (Å²) in [5, 5.41) is 9.71. The molecule has 1 aromatic heterocycles. The fraction of sp³-hybridized carbons (Fsp3) is 0.621. The molecule has 1 N–H and O–H groups in total. The molecule has 1 heterocycles. The van der Waals surface area contributed by atoms with E-state index in [2.05, 4.69) is 23.8 Å². The van der Waals surface area contributed by atoms with Crippen LogP contribution in [0.5, 0.6) is 5.75 Å². The molecule has 0 aliphatic carbocycles. The Balaban J connectivity index is 1.77. The van der Waals surface area contributed by atoms with Gasteiger partial charge >= 0.3 is 5.97 Å². The average Bonchev–Trinajstić information content (AvgIpc) is 2.88. The number of carbonyl (C=O) groups is 1. The molecule has 0 saturated heterocycles. The van der Waals surface area contributed by atoms with E-state index in [1.54, 1.807) is 12.4 Å². The Morgan fingerprint density at radius 3 is 2.06 bits per heavy atom. The second-order valence-electron chi connectivity index (χ2n) is 9.19. The van der Waals surface area contributed by atoms with Crippen LogP contribution >= 0.6 is 0 Å². The van der Waals surface area contributed by atoms with Crippen molar-refractivity contribution >= 4 is 5.97 Å². The summed E-state index contributed by atoms with van der Waals surface area (Å²) in [6.07, 6.45) is 16.5. The predicted octanol–water partition coefficient (Wildman–Crippen LogP) is 7.43. The number of rotatable bonds is 20. The highest BCUT2D eigenvalue weighted by Gasteiger charge is 2.20. The number of carboxylic acids is 1. The summed E-state index contributed by atoms with van der Waals surface area (Å²) in [5.41, 5.74) is 1.55. The first-order valence-corrected chi connectivity index (χ1v) is 13.5. The van der Waals surface area contributed by atoms with Crippen molar-refractivity contribution < 1.29 is 19.4 Å². The number of ether oxygens (including phenoxy) is 2. The van der Waals surface area contributed by atoms with Gasteiger partial charge in [-0.3, -0.25) is 4.79 Å². The standard InChI is InChI=1S/C29H44N2O4/c1-3-5-6-7-8-9-10-11-14-27(29(32)33)25-22-30-28(31-23-25)24-15-17-26(18-16-24)35-21-13-12-20-34-19-4-2/h15-18,22-23,27H,3-14,19-21H2,1-2H3,(H,32,33). The van der Waals surface area contributed by atoms with Crippen LogP contribution in [0.3, 0.4) is 0 Å². The van der Waals surface area contributed by atoms with Gasteiger partial charge in [0.15, 0.2) is 5.82 Å². The lowest BCUT2D eigenvalue weighted by Crippen LogP contribution is -2.12. The van der Waals surface area contributed by atoms with Crippen LogP contribution in [0.4, 0.5) is 0 Å². The molecule has 0 amide bonds. The second kappa shape index (κ2) is 17.9. The maximum Gasteiger partial charge on any atom is 0.311 e. The number of hydrogen-bond donors (Lipinski definition) is 1. The Kier molecular flexibility index (Phi) is 14.7. The molecule has 0 radical (unpaired) electrons. The van der Waals surface area contributed by atoms with E-state index in [1.807, 2.05) is 24.3 Å². The van der Waals surface area contributed by atoms with Crippen molar-refractivity contribution in [3.05, 3.63) is 42.2 Å². The van der Waals surface area contributed by atoms with Crippen molar-refractivity contribution in [1.82, 2.24) is 9.97 Å². The number of aromatic nitrogens is 2. The smallest absolute Gasteiger partial charge is 0.311 e. The molecule has 6 heteroatoms. The molecule has 0 aliphatic rings. The highest BCUT2D eigenvalue weighted by Crippen LogP contribution is 2.25. The number of benzene rings is 1. The summed E-state index contributed by atoms with van der Waals surface area (Å²) < 4.78 is 11.3. The molecular formula is C29H44N2O4. The number of aliphatic carboxylic acids is 1. The van der Waals surface area contributed by atoms with E-state index in [0.717, 1.165) is 56.6 Å². The largest absolute Gasteiger partial charge is 0.494 e. The molecule has 0 aliphatic heterocycles. The third-order valence-electron chi connectivity index (χ3n) is 6.13. The van der Waals surface area contributed by atoms with Crippen LogP contribution in [0.25, 0.3) is 11.4 Å². The van der Waals surface area contributed by atoms with Crippen molar-refractivity contribution in [2.75, 3.05) is 19.8 Å². The molecular weight excluding hydrogens is 440 g/mol. The molecule has 0 bridgehead atoms. The molecule has 2 aromatic rings. The molecule has 0 fully saturated rings. The van der Waals surface area contributed by atoms with E-state index in [9.17, 15) is 9.90 Å². The molecule has 1 aromatic carbocycles. The third kappa shape index (κ3) is 11.7. The third-order valence-corrected chi connectivity index (χ3v) is 6.13. The molecule has 194 valence electrons. The monoisotopic (exact) mass is 484 g/mol. The first-order chi connectivity index (χ1) is 17.2. The van der Waals surface area contributed by atoms with E-state index in [0.29, 0.717) is 24.4 Å². The van der Waals surface area contributed by atoms with Crippen molar-refractivity contribution in [2.24, 2.45) is 0 Å². The lowest BCUT2D eigenvalue weighted by Gasteiger charge is -2.12. The van der Waals surface area contributed by atoms with Crippen LogP contribution in [0.1, 0.15) is 102 Å². The van der Waals surface area contributed by atoms with Gasteiger partial charge in [-0.2, -0.15) is 0 Å². The van der Waals surface area contributed by atoms with Gasteiger partial charge in [0, 0.05) is 36.7 Å². The first kappa shape index (κ1) is 28.8. The topological polar surface area (TPSA) is 81.5 Å². The fourth-order valence-electron chi connectivity index (χ4n) is 4.02. The number of unbranched alkanes of at least 4 members (excludes halogenated alkanes) is 8. The zero-order valence-corrected chi connectivity index (χ0v) is 21.7. The van der Waals surface area contributed by atoms with Crippen LogP contribution in [0, 0.1) is 0 Å². The maximum atomic E-state index is 11.8. The van der Waals surface area contributed by atoms with Crippen LogP contribution in [0.2, 0.25) is 0 Å². The van der Waals surface area contributed by atoms with E-state index in [4.69, 9.17) is 9.47 Å². The number of carboxylic acid groups (broad SMARTS) is 1. The van der Waals surface area contributed by atoms with Gasteiger partial charge in [0.2, 0.25) is 0 Å². The molecule has 6 nitrogen and oxygen atoms in total. The van der Waals surface area contributed by atoms with Gasteiger partial charge in [-0.25, -0.2) is 9.97 Å². The van der Waals surface area contributed by atoms with Crippen LogP contribution in [-0.2, 0) is 9.53 Å². The van der Waals surface area contributed by atoms with Gasteiger partial charge in [-0.05, 0) is 49.9 Å². The normalized spacial score (nSPS) is 11.9. The minimum absolute atomic E-state index is 0.549. The first-order valence-electron chi connectivity index (χ1n) is 13.5.